The highest BCUT2D eigenvalue weighted by Crippen LogP contribution is 2.12. The van der Waals surface area contributed by atoms with E-state index < -0.39 is 6.10 Å². The Hall–Kier alpha value is -1.49. The lowest BCUT2D eigenvalue weighted by Gasteiger charge is -2.17. The molecule has 0 spiro atoms. The zero-order chi connectivity index (χ0) is 10.7. The minimum absolute atomic E-state index is 0.0804. The molecule has 0 aliphatic carbocycles. The van der Waals surface area contributed by atoms with E-state index in [2.05, 4.69) is 4.99 Å². The fourth-order valence-corrected chi connectivity index (χ4v) is 1.14. The lowest BCUT2D eigenvalue weighted by molar-refractivity contribution is -0.122. The molecule has 1 aliphatic heterocycles. The first-order chi connectivity index (χ1) is 6.60. The first kappa shape index (κ1) is 10.6. The number of nitrogens with zero attached hydrogens (tertiary/aromatic N) is 1. The predicted octanol–water partition coefficient (Wildman–Crippen LogP) is 0.102. The van der Waals surface area contributed by atoms with Crippen molar-refractivity contribution in [2.24, 2.45) is 4.99 Å². The largest absolute Gasteiger partial charge is 0.481 e. The number of rotatable bonds is 3. The lowest BCUT2D eigenvalue weighted by atomic mass is 10.0. The van der Waals surface area contributed by atoms with Gasteiger partial charge in [-0.3, -0.25) is 9.59 Å². The van der Waals surface area contributed by atoms with Crippen molar-refractivity contribution in [1.82, 2.24) is 0 Å². The third-order valence-corrected chi connectivity index (χ3v) is 1.81. The number of ketones is 2. The van der Waals surface area contributed by atoms with Gasteiger partial charge in [-0.2, -0.15) is 0 Å². The van der Waals surface area contributed by atoms with Gasteiger partial charge in [-0.15, -0.1) is 0 Å². The molecule has 0 saturated heterocycles. The van der Waals surface area contributed by atoms with Gasteiger partial charge in [0.1, 0.15) is 5.71 Å². The average Bonchev–Trinajstić information content (AvgIpc) is 2.16. The summed E-state index contributed by atoms with van der Waals surface area (Å²) in [5.74, 6) is -0.495. The van der Waals surface area contributed by atoms with Gasteiger partial charge in [0, 0.05) is 20.1 Å². The Morgan fingerprint density at radius 2 is 2.14 bits per heavy atom. The van der Waals surface area contributed by atoms with Crippen LogP contribution in [0.4, 0.5) is 0 Å². The van der Waals surface area contributed by atoms with Crippen molar-refractivity contribution in [2.45, 2.75) is 13.0 Å². The molecule has 1 heterocycles. The molecule has 0 aromatic carbocycles. The Balaban J connectivity index is 3.07. The molecule has 14 heavy (non-hydrogen) atoms. The van der Waals surface area contributed by atoms with Crippen LogP contribution in [0.5, 0.6) is 0 Å². The number of methoxy groups -OCH3 is 2. The van der Waals surface area contributed by atoms with Crippen molar-refractivity contribution in [2.75, 3.05) is 14.2 Å². The molecule has 0 N–H and O–H groups in total. The van der Waals surface area contributed by atoms with Crippen LogP contribution < -0.4 is 0 Å². The molecule has 5 nitrogen and oxygen atoms in total. The Labute approximate surface area is 81.4 Å². The Morgan fingerprint density at radius 3 is 2.57 bits per heavy atom. The molecule has 0 amide bonds. The van der Waals surface area contributed by atoms with E-state index in [0.717, 1.165) is 0 Å². The zero-order valence-corrected chi connectivity index (χ0v) is 8.23. The first-order valence-corrected chi connectivity index (χ1v) is 4.02. The van der Waals surface area contributed by atoms with Gasteiger partial charge in [-0.05, 0) is 0 Å². The predicted molar refractivity (Wildman–Crippen MR) is 49.0 cm³/mol. The van der Waals surface area contributed by atoms with Gasteiger partial charge in [0.2, 0.25) is 5.88 Å². The van der Waals surface area contributed by atoms with Crippen molar-refractivity contribution in [1.29, 1.82) is 0 Å². The second-order valence-corrected chi connectivity index (χ2v) is 2.76. The van der Waals surface area contributed by atoms with Gasteiger partial charge < -0.3 is 9.47 Å². The second-order valence-electron chi connectivity index (χ2n) is 2.76. The molecule has 76 valence electrons. The average molecular weight is 197 g/mol. The maximum atomic E-state index is 11.4. The van der Waals surface area contributed by atoms with Crippen LogP contribution in [0.1, 0.15) is 6.92 Å². The maximum Gasteiger partial charge on any atom is 0.217 e. The number of aliphatic imine (C=N–C) groups is 1. The molecule has 1 atom stereocenters. The van der Waals surface area contributed by atoms with Gasteiger partial charge in [0.25, 0.3) is 0 Å². The zero-order valence-electron chi connectivity index (χ0n) is 8.23. The number of hydrogen-bond acceptors (Lipinski definition) is 5. The highest BCUT2D eigenvalue weighted by molar-refractivity contribution is 6.46. The van der Waals surface area contributed by atoms with Gasteiger partial charge in [-0.25, -0.2) is 4.99 Å². The van der Waals surface area contributed by atoms with Crippen LogP contribution in [0, 0.1) is 0 Å². The van der Waals surface area contributed by atoms with Gasteiger partial charge >= 0.3 is 0 Å². The summed E-state index contributed by atoms with van der Waals surface area (Å²) in [6.45, 7) is 1.33. The molecular weight excluding hydrogens is 186 g/mol. The molecule has 1 unspecified atom stereocenters. The Kier molecular flexibility index (Phi) is 3.14. The molecule has 5 heteroatoms. The minimum Gasteiger partial charge on any atom is -0.481 e. The van der Waals surface area contributed by atoms with E-state index in [1.165, 1.54) is 27.2 Å². The van der Waals surface area contributed by atoms with Crippen molar-refractivity contribution >= 4 is 17.3 Å². The van der Waals surface area contributed by atoms with E-state index in [-0.39, 0.29) is 23.2 Å². The summed E-state index contributed by atoms with van der Waals surface area (Å²) >= 11 is 0. The van der Waals surface area contributed by atoms with Crippen LogP contribution in [0.15, 0.2) is 17.0 Å². The van der Waals surface area contributed by atoms with Crippen molar-refractivity contribution in [3.05, 3.63) is 12.0 Å². The highest BCUT2D eigenvalue weighted by atomic mass is 16.5. The maximum absolute atomic E-state index is 11.4. The molecule has 0 radical (unpaired) electrons. The topological polar surface area (TPSA) is 65.0 Å². The van der Waals surface area contributed by atoms with E-state index in [0.29, 0.717) is 0 Å². The van der Waals surface area contributed by atoms with Crippen LogP contribution in [-0.2, 0) is 19.1 Å². The number of ether oxygens (including phenoxy) is 2. The van der Waals surface area contributed by atoms with E-state index in [1.807, 2.05) is 0 Å². The number of carbonyl (C=O) groups is 2. The van der Waals surface area contributed by atoms with Gasteiger partial charge in [0.05, 0.1) is 7.11 Å². The lowest BCUT2D eigenvalue weighted by Crippen LogP contribution is -2.37. The number of carbonyl (C=O) groups excluding carboxylic acids is 2. The molecule has 1 rings (SSSR count). The van der Waals surface area contributed by atoms with Crippen molar-refractivity contribution < 1.29 is 19.1 Å². The monoisotopic (exact) mass is 197 g/mol. The van der Waals surface area contributed by atoms with E-state index >= 15 is 0 Å². The third-order valence-electron chi connectivity index (χ3n) is 1.81. The summed E-state index contributed by atoms with van der Waals surface area (Å²) in [6, 6.07) is 0. The SMILES string of the molecule is COC1=CC(=O)C(OC)C(C(C)=O)=N1. The Bertz CT molecular complexity index is 330. The quantitative estimate of drug-likeness (QED) is 0.643. The normalized spacial score (nSPS) is 21.4. The number of Topliss-reactive ketones (excluding diaryl/α,β-unsaturated/α-hetero) is 1. The molecule has 0 aromatic heterocycles. The van der Waals surface area contributed by atoms with Gasteiger partial charge in [-0.1, -0.05) is 0 Å². The fourth-order valence-electron chi connectivity index (χ4n) is 1.14. The summed E-state index contributed by atoms with van der Waals surface area (Å²) in [7, 11) is 2.74. The van der Waals surface area contributed by atoms with E-state index in [9.17, 15) is 9.59 Å². The van der Waals surface area contributed by atoms with E-state index in [4.69, 9.17) is 9.47 Å². The Morgan fingerprint density at radius 1 is 1.50 bits per heavy atom. The first-order valence-electron chi connectivity index (χ1n) is 4.02. The van der Waals surface area contributed by atoms with Crippen molar-refractivity contribution in [3.63, 3.8) is 0 Å². The fraction of sp³-hybridized carbons (Fsp3) is 0.444. The molecule has 0 fully saturated rings. The molecule has 0 bridgehead atoms. The van der Waals surface area contributed by atoms with Crippen LogP contribution in [0.3, 0.4) is 0 Å². The second kappa shape index (κ2) is 4.15. The van der Waals surface area contributed by atoms with Crippen LogP contribution >= 0.6 is 0 Å². The van der Waals surface area contributed by atoms with Crippen molar-refractivity contribution in [3.8, 4) is 0 Å². The summed E-state index contributed by atoms with van der Waals surface area (Å²) in [6.07, 6.45) is 0.312. The standard InChI is InChI=1S/C9H11NO4/c1-5(11)8-9(14-3)6(12)4-7(10-8)13-2/h4,9H,1-3H3. The van der Waals surface area contributed by atoms with Crippen LogP contribution in [-0.4, -0.2) is 37.6 Å². The third kappa shape index (κ3) is 1.88. The summed E-state index contributed by atoms with van der Waals surface area (Å²) < 4.78 is 9.65. The summed E-state index contributed by atoms with van der Waals surface area (Å²) in [5, 5.41) is 0. The molecule has 0 saturated carbocycles. The van der Waals surface area contributed by atoms with Crippen LogP contribution in [0.2, 0.25) is 0 Å². The molecule has 1 aliphatic rings. The molecule has 0 aromatic rings. The van der Waals surface area contributed by atoms with Gasteiger partial charge in [0.15, 0.2) is 17.7 Å². The summed E-state index contributed by atoms with van der Waals surface area (Å²) in [4.78, 5) is 26.4. The van der Waals surface area contributed by atoms with Crippen LogP contribution in [0.25, 0.3) is 0 Å². The van der Waals surface area contributed by atoms with E-state index in [1.54, 1.807) is 0 Å². The smallest absolute Gasteiger partial charge is 0.217 e. The number of hydrogen-bond donors (Lipinski definition) is 0. The minimum atomic E-state index is -0.897. The highest BCUT2D eigenvalue weighted by Gasteiger charge is 2.30. The summed E-state index contributed by atoms with van der Waals surface area (Å²) in [5.41, 5.74) is 0.0804. The molecular formula is C9H11NO4.